The van der Waals surface area contributed by atoms with Crippen molar-refractivity contribution in [2.75, 3.05) is 0 Å². The van der Waals surface area contributed by atoms with E-state index in [1.54, 1.807) is 49.9 Å². The zero-order chi connectivity index (χ0) is 30.5. The van der Waals surface area contributed by atoms with Gasteiger partial charge in [0.1, 0.15) is 23.4 Å². The lowest BCUT2D eigenvalue weighted by atomic mass is 9.95. The number of ether oxygens (including phenoxy) is 1. The molecule has 3 rings (SSSR count). The Kier molecular flexibility index (Phi) is 10.5. The van der Waals surface area contributed by atoms with Crippen molar-refractivity contribution in [1.29, 1.82) is 0 Å². The van der Waals surface area contributed by atoms with Crippen LogP contribution in [0.4, 0.5) is 4.79 Å². The molecule has 8 nitrogen and oxygen atoms in total. The second-order valence-corrected chi connectivity index (χ2v) is 12.6. The molecule has 0 bridgehead atoms. The molecule has 1 aliphatic rings. The number of rotatable bonds is 11. The van der Waals surface area contributed by atoms with Gasteiger partial charge < -0.3 is 25.4 Å². The second-order valence-electron chi connectivity index (χ2n) is 12.6. The third kappa shape index (κ3) is 8.97. The predicted octanol–water partition coefficient (Wildman–Crippen LogP) is 5.73. The summed E-state index contributed by atoms with van der Waals surface area (Å²) in [5.74, 6) is -0.255. The number of nitrogens with zero attached hydrogens (tertiary/aromatic N) is 1. The average molecular weight is 566 g/mol. The number of phenols is 1. The molecule has 2 aromatic carbocycles. The van der Waals surface area contributed by atoms with Gasteiger partial charge in [0.05, 0.1) is 0 Å². The molecule has 3 N–H and O–H groups in total. The summed E-state index contributed by atoms with van der Waals surface area (Å²) in [7, 11) is 0. The van der Waals surface area contributed by atoms with E-state index < -0.39 is 23.8 Å². The van der Waals surface area contributed by atoms with Crippen LogP contribution < -0.4 is 10.6 Å². The first-order valence-corrected chi connectivity index (χ1v) is 14.7. The molecule has 0 spiro atoms. The third-order valence-corrected chi connectivity index (χ3v) is 7.40. The molecule has 41 heavy (non-hydrogen) atoms. The predicted molar refractivity (Wildman–Crippen MR) is 161 cm³/mol. The van der Waals surface area contributed by atoms with E-state index in [1.165, 1.54) is 0 Å². The van der Waals surface area contributed by atoms with E-state index in [-0.39, 0.29) is 42.0 Å². The number of phenolic OH excluding ortho intramolecular Hbond substituents is 1. The van der Waals surface area contributed by atoms with Crippen LogP contribution in [0.25, 0.3) is 0 Å². The van der Waals surface area contributed by atoms with Crippen LogP contribution in [0.15, 0.2) is 42.5 Å². The zero-order valence-electron chi connectivity index (χ0n) is 25.8. The Bertz CT molecular complexity index is 1220. The molecule has 0 aromatic heterocycles. The first-order chi connectivity index (χ1) is 19.2. The Morgan fingerprint density at radius 1 is 1.07 bits per heavy atom. The number of amides is 3. The van der Waals surface area contributed by atoms with Gasteiger partial charge in [0.25, 0.3) is 0 Å². The maximum Gasteiger partial charge on any atom is 0.408 e. The minimum absolute atomic E-state index is 0.0537. The van der Waals surface area contributed by atoms with Crippen molar-refractivity contribution in [1.82, 2.24) is 15.5 Å². The summed E-state index contributed by atoms with van der Waals surface area (Å²) >= 11 is 0. The van der Waals surface area contributed by atoms with Gasteiger partial charge in [-0.25, -0.2) is 4.79 Å². The number of nitrogens with one attached hydrogen (secondary N) is 2. The maximum atomic E-state index is 14.6. The Morgan fingerprint density at radius 2 is 1.71 bits per heavy atom. The largest absolute Gasteiger partial charge is 0.508 e. The molecule has 0 saturated heterocycles. The molecule has 5 atom stereocenters. The fraction of sp³-hybridized carbons (Fsp3) is 0.545. The standard InChI is InChI=1S/C33H47N3O5/c1-9-10-23(5)34-30(38)29(26-16-11-20(2)17-21(26)3)36(28-18-22(28)4)31(39)27(35-32(40)41-33(6,7)8)19-24-12-14-25(37)15-13-24/h11-17,22-23,27-29,37H,9-10,18-19H2,1-8H3,(H,34,38)(H,35,40). The van der Waals surface area contributed by atoms with Gasteiger partial charge >= 0.3 is 6.09 Å². The summed E-state index contributed by atoms with van der Waals surface area (Å²) in [6.07, 6.45) is 1.98. The smallest absolute Gasteiger partial charge is 0.408 e. The molecular weight excluding hydrogens is 518 g/mol. The molecule has 1 saturated carbocycles. The van der Waals surface area contributed by atoms with Crippen LogP contribution in [0.5, 0.6) is 5.75 Å². The van der Waals surface area contributed by atoms with E-state index in [0.717, 1.165) is 41.5 Å². The number of hydrogen-bond donors (Lipinski definition) is 3. The summed E-state index contributed by atoms with van der Waals surface area (Å²) < 4.78 is 5.52. The molecule has 224 valence electrons. The normalized spacial score (nSPS) is 18.5. The van der Waals surface area contributed by atoms with Crippen LogP contribution in [0, 0.1) is 19.8 Å². The van der Waals surface area contributed by atoms with Crippen LogP contribution in [-0.2, 0) is 20.7 Å². The number of benzene rings is 2. The SMILES string of the molecule is CCCC(C)NC(=O)C(c1ccc(C)cc1C)N(C(=O)C(Cc1ccc(O)cc1)NC(=O)OC(C)(C)C)C1CC1C. The first-order valence-electron chi connectivity index (χ1n) is 14.7. The van der Waals surface area contributed by atoms with Crippen molar-refractivity contribution >= 4 is 17.9 Å². The van der Waals surface area contributed by atoms with Crippen LogP contribution in [0.3, 0.4) is 0 Å². The molecular formula is C33H47N3O5. The molecule has 5 unspecified atom stereocenters. The van der Waals surface area contributed by atoms with Crippen LogP contribution in [-0.4, -0.2) is 51.6 Å². The van der Waals surface area contributed by atoms with Gasteiger partial charge in [0, 0.05) is 18.5 Å². The van der Waals surface area contributed by atoms with Gasteiger partial charge in [-0.3, -0.25) is 9.59 Å². The number of hydrogen-bond acceptors (Lipinski definition) is 5. The molecule has 1 aliphatic carbocycles. The number of aromatic hydroxyl groups is 1. The number of aryl methyl sites for hydroxylation is 2. The van der Waals surface area contributed by atoms with E-state index in [0.29, 0.717) is 0 Å². The molecule has 1 fully saturated rings. The highest BCUT2D eigenvalue weighted by Crippen LogP contribution is 2.41. The van der Waals surface area contributed by atoms with Gasteiger partial charge in [0.15, 0.2) is 0 Å². The highest BCUT2D eigenvalue weighted by atomic mass is 16.6. The monoisotopic (exact) mass is 565 g/mol. The van der Waals surface area contributed by atoms with Crippen LogP contribution >= 0.6 is 0 Å². The highest BCUT2D eigenvalue weighted by molar-refractivity contribution is 5.93. The van der Waals surface area contributed by atoms with Crippen molar-refractivity contribution < 1.29 is 24.2 Å². The Labute approximate surface area is 244 Å². The quantitative estimate of drug-likeness (QED) is 0.323. The van der Waals surface area contributed by atoms with Gasteiger partial charge in [-0.15, -0.1) is 0 Å². The summed E-state index contributed by atoms with van der Waals surface area (Å²) in [6, 6.07) is 10.4. The van der Waals surface area contributed by atoms with E-state index in [9.17, 15) is 19.5 Å². The molecule has 2 aromatic rings. The van der Waals surface area contributed by atoms with E-state index >= 15 is 0 Å². The minimum atomic E-state index is -0.990. The number of carbonyl (C=O) groups is 3. The average Bonchev–Trinajstić information content (AvgIpc) is 3.58. The molecule has 8 heteroatoms. The summed E-state index contributed by atoms with van der Waals surface area (Å²) in [5.41, 5.74) is 2.77. The summed E-state index contributed by atoms with van der Waals surface area (Å²) in [5, 5.41) is 15.7. The van der Waals surface area contributed by atoms with Gasteiger partial charge in [-0.1, -0.05) is 56.2 Å². The number of alkyl carbamates (subject to hydrolysis) is 1. The fourth-order valence-electron chi connectivity index (χ4n) is 5.25. The van der Waals surface area contributed by atoms with Crippen molar-refractivity contribution in [3.63, 3.8) is 0 Å². The Morgan fingerprint density at radius 3 is 2.24 bits per heavy atom. The fourth-order valence-corrected chi connectivity index (χ4v) is 5.25. The van der Waals surface area contributed by atoms with Crippen LogP contribution in [0.2, 0.25) is 0 Å². The maximum absolute atomic E-state index is 14.6. The van der Waals surface area contributed by atoms with Gasteiger partial charge in [-0.2, -0.15) is 0 Å². The van der Waals surface area contributed by atoms with E-state index in [4.69, 9.17) is 4.74 Å². The van der Waals surface area contributed by atoms with Crippen molar-refractivity contribution in [2.24, 2.45) is 5.92 Å². The van der Waals surface area contributed by atoms with E-state index in [2.05, 4.69) is 24.5 Å². The van der Waals surface area contributed by atoms with E-state index in [1.807, 2.05) is 39.0 Å². The molecule has 0 aliphatic heterocycles. The lowest BCUT2D eigenvalue weighted by Crippen LogP contribution is -2.55. The van der Waals surface area contributed by atoms with Gasteiger partial charge in [0.2, 0.25) is 11.8 Å². The minimum Gasteiger partial charge on any atom is -0.508 e. The Balaban J connectivity index is 2.07. The molecule has 0 heterocycles. The lowest BCUT2D eigenvalue weighted by Gasteiger charge is -2.36. The third-order valence-electron chi connectivity index (χ3n) is 7.40. The lowest BCUT2D eigenvalue weighted by molar-refractivity contribution is -0.143. The van der Waals surface area contributed by atoms with Crippen molar-refractivity contribution in [3.8, 4) is 5.75 Å². The summed E-state index contributed by atoms with van der Waals surface area (Å²) in [4.78, 5) is 43.3. The highest BCUT2D eigenvalue weighted by Gasteiger charge is 2.48. The van der Waals surface area contributed by atoms with Crippen molar-refractivity contribution in [2.45, 2.75) is 111 Å². The first kappa shape index (κ1) is 32.0. The number of carbonyl (C=O) groups excluding carboxylic acids is 3. The van der Waals surface area contributed by atoms with Crippen LogP contribution in [0.1, 0.15) is 89.1 Å². The van der Waals surface area contributed by atoms with Crippen molar-refractivity contribution in [3.05, 3.63) is 64.7 Å². The van der Waals surface area contributed by atoms with Gasteiger partial charge in [-0.05, 0) is 89.1 Å². The zero-order valence-corrected chi connectivity index (χ0v) is 25.8. The summed E-state index contributed by atoms with van der Waals surface area (Å²) in [6.45, 7) is 15.4. The Hall–Kier alpha value is -3.55. The molecule has 3 amide bonds. The molecule has 0 radical (unpaired) electrons. The topological polar surface area (TPSA) is 108 Å². The second kappa shape index (κ2) is 13.4.